The molecule has 14 heavy (non-hydrogen) atoms. The van der Waals surface area contributed by atoms with Crippen molar-refractivity contribution in [1.82, 2.24) is 5.32 Å². The zero-order valence-corrected chi connectivity index (χ0v) is 9.16. The fourth-order valence-electron chi connectivity index (χ4n) is 1.15. The Morgan fingerprint density at radius 1 is 1.43 bits per heavy atom. The van der Waals surface area contributed by atoms with E-state index in [-0.39, 0.29) is 0 Å². The van der Waals surface area contributed by atoms with Crippen molar-refractivity contribution in [3.05, 3.63) is 29.3 Å². The molecule has 0 unspecified atom stereocenters. The molecule has 0 atom stereocenters. The van der Waals surface area contributed by atoms with Gasteiger partial charge in [-0.25, -0.2) is 0 Å². The molecular formula is C10H11ClN2S. The molecule has 74 valence electrons. The van der Waals surface area contributed by atoms with Crippen molar-refractivity contribution in [2.75, 3.05) is 5.32 Å². The van der Waals surface area contributed by atoms with E-state index in [2.05, 4.69) is 10.6 Å². The van der Waals surface area contributed by atoms with Crippen LogP contribution in [0.1, 0.15) is 12.8 Å². The third kappa shape index (κ3) is 2.86. The Hall–Kier alpha value is -0.800. The second-order valence-electron chi connectivity index (χ2n) is 3.38. The third-order valence-electron chi connectivity index (χ3n) is 2.00. The van der Waals surface area contributed by atoms with E-state index in [1.807, 2.05) is 24.3 Å². The van der Waals surface area contributed by atoms with Crippen molar-refractivity contribution >= 4 is 34.6 Å². The third-order valence-corrected chi connectivity index (χ3v) is 2.45. The standard InChI is InChI=1S/C10H11ClN2S/c11-7-2-1-3-9(6-7)13-10(14)12-8-4-5-8/h1-3,6,8H,4-5H2,(H2,12,13,14). The Balaban J connectivity index is 1.92. The van der Waals surface area contributed by atoms with Crippen molar-refractivity contribution in [1.29, 1.82) is 0 Å². The molecule has 0 aromatic heterocycles. The lowest BCUT2D eigenvalue weighted by Gasteiger charge is -2.09. The van der Waals surface area contributed by atoms with Crippen molar-refractivity contribution < 1.29 is 0 Å². The van der Waals surface area contributed by atoms with Gasteiger partial charge in [0.25, 0.3) is 0 Å². The number of anilines is 1. The summed E-state index contributed by atoms with van der Waals surface area (Å²) >= 11 is 11.0. The summed E-state index contributed by atoms with van der Waals surface area (Å²) in [6.07, 6.45) is 2.44. The minimum atomic E-state index is 0.578. The van der Waals surface area contributed by atoms with E-state index in [1.54, 1.807) is 0 Å². The maximum Gasteiger partial charge on any atom is 0.170 e. The lowest BCUT2D eigenvalue weighted by atomic mass is 10.3. The van der Waals surface area contributed by atoms with Gasteiger partial charge in [0.2, 0.25) is 0 Å². The van der Waals surface area contributed by atoms with Gasteiger partial charge in [-0.05, 0) is 43.3 Å². The zero-order chi connectivity index (χ0) is 9.97. The lowest BCUT2D eigenvalue weighted by molar-refractivity contribution is 0.919. The highest BCUT2D eigenvalue weighted by molar-refractivity contribution is 7.80. The number of benzene rings is 1. The van der Waals surface area contributed by atoms with Gasteiger partial charge in [0.05, 0.1) is 0 Å². The average Bonchev–Trinajstić information content (AvgIpc) is 2.87. The smallest absolute Gasteiger partial charge is 0.170 e. The minimum Gasteiger partial charge on any atom is -0.360 e. The summed E-state index contributed by atoms with van der Waals surface area (Å²) < 4.78 is 0. The van der Waals surface area contributed by atoms with Gasteiger partial charge in [0.1, 0.15) is 0 Å². The molecular weight excluding hydrogens is 216 g/mol. The van der Waals surface area contributed by atoms with Crippen molar-refractivity contribution in [3.63, 3.8) is 0 Å². The van der Waals surface area contributed by atoms with Gasteiger partial charge in [-0.15, -0.1) is 0 Å². The molecule has 4 heteroatoms. The highest BCUT2D eigenvalue weighted by Gasteiger charge is 2.21. The summed E-state index contributed by atoms with van der Waals surface area (Å²) in [5.41, 5.74) is 0.927. The average molecular weight is 227 g/mol. The molecule has 0 radical (unpaired) electrons. The first kappa shape index (κ1) is 9.74. The molecule has 2 N–H and O–H groups in total. The van der Waals surface area contributed by atoms with E-state index in [0.717, 1.165) is 5.69 Å². The number of halogens is 1. The molecule has 1 aliphatic rings. The maximum absolute atomic E-state index is 5.84. The molecule has 0 aliphatic heterocycles. The molecule has 1 saturated carbocycles. The van der Waals surface area contributed by atoms with Crippen LogP contribution in [0, 0.1) is 0 Å². The minimum absolute atomic E-state index is 0.578. The van der Waals surface area contributed by atoms with Crippen LogP contribution in [0.15, 0.2) is 24.3 Å². The second kappa shape index (κ2) is 4.15. The summed E-state index contributed by atoms with van der Waals surface area (Å²) in [5.74, 6) is 0. The fraction of sp³-hybridized carbons (Fsp3) is 0.300. The Morgan fingerprint density at radius 3 is 2.86 bits per heavy atom. The van der Waals surface area contributed by atoms with Gasteiger partial charge in [0.15, 0.2) is 5.11 Å². The molecule has 2 nitrogen and oxygen atoms in total. The highest BCUT2D eigenvalue weighted by Crippen LogP contribution is 2.19. The fourth-order valence-corrected chi connectivity index (χ4v) is 1.62. The summed E-state index contributed by atoms with van der Waals surface area (Å²) in [6, 6.07) is 8.10. The topological polar surface area (TPSA) is 24.1 Å². The van der Waals surface area contributed by atoms with Crippen LogP contribution < -0.4 is 10.6 Å². The predicted octanol–water partition coefficient (Wildman–Crippen LogP) is 2.79. The molecule has 0 heterocycles. The SMILES string of the molecule is S=C(Nc1cccc(Cl)c1)NC1CC1. The first-order chi connectivity index (χ1) is 6.74. The van der Waals surface area contributed by atoms with Crippen molar-refractivity contribution in [2.45, 2.75) is 18.9 Å². The van der Waals surface area contributed by atoms with Gasteiger partial charge in [-0.2, -0.15) is 0 Å². The van der Waals surface area contributed by atoms with E-state index in [9.17, 15) is 0 Å². The molecule has 1 aliphatic carbocycles. The highest BCUT2D eigenvalue weighted by atomic mass is 35.5. The molecule has 0 bridgehead atoms. The van der Waals surface area contributed by atoms with E-state index in [0.29, 0.717) is 16.2 Å². The summed E-state index contributed by atoms with van der Waals surface area (Å²) in [6.45, 7) is 0. The van der Waals surface area contributed by atoms with Crippen LogP contribution in [0.2, 0.25) is 5.02 Å². The molecule has 0 saturated heterocycles. The molecule has 0 amide bonds. The van der Waals surface area contributed by atoms with E-state index >= 15 is 0 Å². The number of hydrogen-bond acceptors (Lipinski definition) is 1. The van der Waals surface area contributed by atoms with E-state index < -0.39 is 0 Å². The van der Waals surface area contributed by atoms with Crippen LogP contribution in [0.5, 0.6) is 0 Å². The summed E-state index contributed by atoms with van der Waals surface area (Å²) in [5, 5.41) is 7.68. The van der Waals surface area contributed by atoms with E-state index in [1.165, 1.54) is 12.8 Å². The second-order valence-corrected chi connectivity index (χ2v) is 4.23. The Kier molecular flexibility index (Phi) is 2.89. The summed E-state index contributed by atoms with van der Waals surface area (Å²) in [7, 11) is 0. The Labute approximate surface area is 93.6 Å². The molecule has 1 aromatic carbocycles. The zero-order valence-electron chi connectivity index (χ0n) is 7.59. The Bertz CT molecular complexity index is 350. The lowest BCUT2D eigenvalue weighted by Crippen LogP contribution is -2.30. The number of hydrogen-bond donors (Lipinski definition) is 2. The number of thiocarbonyl (C=S) groups is 1. The number of nitrogens with one attached hydrogen (secondary N) is 2. The van der Waals surface area contributed by atoms with Gasteiger partial charge in [0, 0.05) is 16.8 Å². The quantitative estimate of drug-likeness (QED) is 0.759. The van der Waals surface area contributed by atoms with Crippen LogP contribution in [-0.2, 0) is 0 Å². The Morgan fingerprint density at radius 2 is 2.21 bits per heavy atom. The van der Waals surface area contributed by atoms with Crippen LogP contribution >= 0.6 is 23.8 Å². The van der Waals surface area contributed by atoms with Gasteiger partial charge >= 0.3 is 0 Å². The first-order valence-electron chi connectivity index (χ1n) is 4.57. The monoisotopic (exact) mass is 226 g/mol. The van der Waals surface area contributed by atoms with Crippen LogP contribution in [0.4, 0.5) is 5.69 Å². The molecule has 0 spiro atoms. The van der Waals surface area contributed by atoms with Crippen LogP contribution in [0.3, 0.4) is 0 Å². The van der Waals surface area contributed by atoms with Crippen molar-refractivity contribution in [2.24, 2.45) is 0 Å². The molecule has 2 rings (SSSR count). The normalized spacial score (nSPS) is 14.9. The van der Waals surface area contributed by atoms with Crippen LogP contribution in [0.25, 0.3) is 0 Å². The van der Waals surface area contributed by atoms with Gasteiger partial charge in [-0.1, -0.05) is 17.7 Å². The van der Waals surface area contributed by atoms with Gasteiger partial charge < -0.3 is 10.6 Å². The maximum atomic E-state index is 5.84. The first-order valence-corrected chi connectivity index (χ1v) is 5.36. The van der Waals surface area contributed by atoms with Crippen molar-refractivity contribution in [3.8, 4) is 0 Å². The predicted molar refractivity (Wildman–Crippen MR) is 63.8 cm³/mol. The van der Waals surface area contributed by atoms with E-state index in [4.69, 9.17) is 23.8 Å². The number of rotatable bonds is 2. The summed E-state index contributed by atoms with van der Waals surface area (Å²) in [4.78, 5) is 0. The molecule has 1 aromatic rings. The van der Waals surface area contributed by atoms with Crippen LogP contribution in [-0.4, -0.2) is 11.2 Å². The van der Waals surface area contributed by atoms with Gasteiger partial charge in [-0.3, -0.25) is 0 Å². The molecule has 1 fully saturated rings. The largest absolute Gasteiger partial charge is 0.360 e.